The van der Waals surface area contributed by atoms with Crippen molar-refractivity contribution in [3.8, 4) is 0 Å². The van der Waals surface area contributed by atoms with Crippen molar-refractivity contribution < 1.29 is 4.79 Å². The highest BCUT2D eigenvalue weighted by molar-refractivity contribution is 5.76. The van der Waals surface area contributed by atoms with Gasteiger partial charge in [-0.05, 0) is 62.2 Å². The minimum absolute atomic E-state index is 0.237. The molecular weight excluding hydrogens is 248 g/mol. The zero-order valence-corrected chi connectivity index (χ0v) is 12.0. The number of aryl methyl sites for hydroxylation is 1. The van der Waals surface area contributed by atoms with Crippen molar-refractivity contribution in [2.75, 3.05) is 13.1 Å². The molecule has 1 aliphatic heterocycles. The molecule has 0 radical (unpaired) electrons. The molecule has 3 nitrogen and oxygen atoms in total. The third-order valence-electron chi connectivity index (χ3n) is 4.65. The number of hydrogen-bond acceptors (Lipinski definition) is 2. The van der Waals surface area contributed by atoms with Gasteiger partial charge >= 0.3 is 0 Å². The Bertz CT molecular complexity index is 466. The molecule has 1 aromatic rings. The van der Waals surface area contributed by atoms with Crippen LogP contribution in [0, 0.1) is 5.92 Å². The molecule has 2 aliphatic rings. The fourth-order valence-electron chi connectivity index (χ4n) is 3.42. The number of nitrogens with one attached hydrogen (secondary N) is 2. The van der Waals surface area contributed by atoms with Crippen LogP contribution in [0.15, 0.2) is 24.3 Å². The van der Waals surface area contributed by atoms with Crippen LogP contribution in [0.1, 0.15) is 36.8 Å². The summed E-state index contributed by atoms with van der Waals surface area (Å²) in [6.07, 6.45) is 6.10. The van der Waals surface area contributed by atoms with Crippen molar-refractivity contribution in [1.29, 1.82) is 0 Å². The Hall–Kier alpha value is -1.35. The van der Waals surface area contributed by atoms with Gasteiger partial charge in [0.05, 0.1) is 0 Å². The first kappa shape index (κ1) is 13.6. The molecule has 1 fully saturated rings. The van der Waals surface area contributed by atoms with Crippen molar-refractivity contribution in [3.63, 3.8) is 0 Å². The lowest BCUT2D eigenvalue weighted by Gasteiger charge is -2.25. The van der Waals surface area contributed by atoms with Crippen molar-refractivity contribution in [3.05, 3.63) is 35.4 Å². The van der Waals surface area contributed by atoms with Gasteiger partial charge in [0.15, 0.2) is 0 Å². The smallest absolute Gasteiger partial charge is 0.220 e. The van der Waals surface area contributed by atoms with Gasteiger partial charge in [0, 0.05) is 12.5 Å². The number of rotatable bonds is 4. The number of carbonyl (C=O) groups is 1. The Morgan fingerprint density at radius 1 is 1.25 bits per heavy atom. The van der Waals surface area contributed by atoms with E-state index in [0.29, 0.717) is 18.4 Å². The molecule has 20 heavy (non-hydrogen) atoms. The van der Waals surface area contributed by atoms with E-state index in [1.54, 1.807) is 0 Å². The first-order valence-corrected chi connectivity index (χ1v) is 7.88. The third-order valence-corrected chi connectivity index (χ3v) is 4.65. The maximum atomic E-state index is 12.0. The van der Waals surface area contributed by atoms with Crippen molar-refractivity contribution in [2.45, 2.75) is 44.6 Å². The molecule has 3 rings (SSSR count). The lowest BCUT2D eigenvalue weighted by Crippen LogP contribution is -2.38. The van der Waals surface area contributed by atoms with Crippen LogP contribution in [0.25, 0.3) is 0 Å². The van der Waals surface area contributed by atoms with E-state index in [-0.39, 0.29) is 5.91 Å². The number of carbonyl (C=O) groups excluding carboxylic acids is 1. The molecule has 0 aromatic heterocycles. The summed E-state index contributed by atoms with van der Waals surface area (Å²) in [6, 6.07) is 8.93. The van der Waals surface area contributed by atoms with Gasteiger partial charge in [0.25, 0.3) is 0 Å². The summed E-state index contributed by atoms with van der Waals surface area (Å²) in [5, 5.41) is 6.58. The van der Waals surface area contributed by atoms with E-state index in [1.165, 1.54) is 17.5 Å². The van der Waals surface area contributed by atoms with Gasteiger partial charge in [-0.1, -0.05) is 24.3 Å². The molecule has 2 N–H and O–H groups in total. The molecule has 0 spiro atoms. The monoisotopic (exact) mass is 272 g/mol. The van der Waals surface area contributed by atoms with Crippen LogP contribution in [0.5, 0.6) is 0 Å². The van der Waals surface area contributed by atoms with Gasteiger partial charge in [-0.25, -0.2) is 0 Å². The Balaban J connectivity index is 1.45. The fraction of sp³-hybridized carbons (Fsp3) is 0.588. The fourth-order valence-corrected chi connectivity index (χ4v) is 3.42. The van der Waals surface area contributed by atoms with E-state index >= 15 is 0 Å². The average molecular weight is 272 g/mol. The van der Waals surface area contributed by atoms with Crippen molar-refractivity contribution in [1.82, 2.24) is 10.6 Å². The van der Waals surface area contributed by atoms with Gasteiger partial charge in [-0.3, -0.25) is 4.79 Å². The van der Waals surface area contributed by atoms with E-state index in [9.17, 15) is 4.79 Å². The Morgan fingerprint density at radius 3 is 2.90 bits per heavy atom. The maximum Gasteiger partial charge on any atom is 0.220 e. The highest BCUT2D eigenvalue weighted by Gasteiger charge is 2.21. The first-order chi connectivity index (χ1) is 9.81. The molecule has 1 amide bonds. The van der Waals surface area contributed by atoms with Crippen LogP contribution in [-0.4, -0.2) is 25.0 Å². The lowest BCUT2D eigenvalue weighted by atomic mass is 9.88. The summed E-state index contributed by atoms with van der Waals surface area (Å²) in [6.45, 7) is 2.20. The number of hydrogen-bond donors (Lipinski definition) is 2. The summed E-state index contributed by atoms with van der Waals surface area (Å²) in [7, 11) is 0. The van der Waals surface area contributed by atoms with E-state index < -0.39 is 0 Å². The van der Waals surface area contributed by atoms with Gasteiger partial charge < -0.3 is 10.6 Å². The van der Waals surface area contributed by atoms with Crippen LogP contribution >= 0.6 is 0 Å². The Kier molecular flexibility index (Phi) is 4.36. The minimum atomic E-state index is 0.237. The van der Waals surface area contributed by atoms with Crippen molar-refractivity contribution >= 4 is 5.91 Å². The largest absolute Gasteiger partial charge is 0.353 e. The van der Waals surface area contributed by atoms with Gasteiger partial charge in [-0.2, -0.15) is 0 Å². The number of benzene rings is 1. The normalized spacial score (nSPS) is 25.2. The summed E-state index contributed by atoms with van der Waals surface area (Å²) in [5.41, 5.74) is 2.86. The molecular formula is C17H24N2O. The van der Waals surface area contributed by atoms with Gasteiger partial charge in [0.1, 0.15) is 0 Å². The van der Waals surface area contributed by atoms with E-state index in [4.69, 9.17) is 0 Å². The molecule has 1 heterocycles. The second-order valence-electron chi connectivity index (χ2n) is 6.17. The molecule has 0 saturated carbocycles. The third kappa shape index (κ3) is 3.40. The molecule has 3 heteroatoms. The minimum Gasteiger partial charge on any atom is -0.353 e. The van der Waals surface area contributed by atoms with Crippen LogP contribution in [0.4, 0.5) is 0 Å². The lowest BCUT2D eigenvalue weighted by molar-refractivity contribution is -0.122. The van der Waals surface area contributed by atoms with E-state index in [1.807, 2.05) is 0 Å². The zero-order chi connectivity index (χ0) is 13.8. The van der Waals surface area contributed by atoms with Crippen LogP contribution in [0.2, 0.25) is 0 Å². The van der Waals surface area contributed by atoms with Crippen LogP contribution < -0.4 is 10.6 Å². The topological polar surface area (TPSA) is 41.1 Å². The Labute approximate surface area is 121 Å². The average Bonchev–Trinajstić information content (AvgIpc) is 2.98. The van der Waals surface area contributed by atoms with Gasteiger partial charge in [-0.15, -0.1) is 0 Å². The molecule has 108 valence electrons. The van der Waals surface area contributed by atoms with E-state index in [2.05, 4.69) is 34.9 Å². The van der Waals surface area contributed by atoms with E-state index in [0.717, 1.165) is 38.8 Å². The van der Waals surface area contributed by atoms with Crippen LogP contribution in [0.3, 0.4) is 0 Å². The maximum absolute atomic E-state index is 12.0. The molecule has 1 aliphatic carbocycles. The summed E-state index contributed by atoms with van der Waals surface area (Å²) in [5.74, 6) is 0.939. The number of fused-ring (bicyclic) bond motifs is 1. The predicted octanol–water partition coefficient (Wildman–Crippen LogP) is 2.05. The second kappa shape index (κ2) is 6.40. The second-order valence-corrected chi connectivity index (χ2v) is 6.17. The zero-order valence-electron chi connectivity index (χ0n) is 12.0. The quantitative estimate of drug-likeness (QED) is 0.881. The molecule has 1 saturated heterocycles. The molecule has 2 atom stereocenters. The number of amides is 1. The Morgan fingerprint density at radius 2 is 2.10 bits per heavy atom. The highest BCUT2D eigenvalue weighted by atomic mass is 16.1. The summed E-state index contributed by atoms with van der Waals surface area (Å²) < 4.78 is 0. The van der Waals surface area contributed by atoms with Crippen LogP contribution in [-0.2, 0) is 17.6 Å². The summed E-state index contributed by atoms with van der Waals surface area (Å²) in [4.78, 5) is 12.0. The molecule has 0 bridgehead atoms. The molecule has 1 aromatic carbocycles. The SMILES string of the molecule is O=C(CCC1CCNC1)NC1CCc2ccccc2C1. The summed E-state index contributed by atoms with van der Waals surface area (Å²) >= 11 is 0. The first-order valence-electron chi connectivity index (χ1n) is 7.88. The standard InChI is InChI=1S/C17H24N2O/c20-17(8-5-13-9-10-18-12-13)19-16-7-6-14-3-1-2-4-15(14)11-16/h1-4,13,16,18H,5-12H2,(H,19,20). The van der Waals surface area contributed by atoms with Crippen molar-refractivity contribution in [2.24, 2.45) is 5.92 Å². The molecule has 2 unspecified atom stereocenters. The van der Waals surface area contributed by atoms with Gasteiger partial charge in [0.2, 0.25) is 5.91 Å². The predicted molar refractivity (Wildman–Crippen MR) is 80.6 cm³/mol. The highest BCUT2D eigenvalue weighted by Crippen LogP contribution is 2.21.